The molecule has 1 heterocycles. The maximum atomic E-state index is 12.2. The van der Waals surface area contributed by atoms with Crippen LogP contribution in [0.1, 0.15) is 5.56 Å². The van der Waals surface area contributed by atoms with Crippen LogP contribution in [-0.4, -0.2) is 8.42 Å². The Kier molecular flexibility index (Phi) is 3.28. The first kappa shape index (κ1) is 13.5. The number of nitrogens with zero attached hydrogens (tertiary/aromatic N) is 1. The van der Waals surface area contributed by atoms with Gasteiger partial charge in [0, 0.05) is 0 Å². The summed E-state index contributed by atoms with van der Waals surface area (Å²) in [6.07, 6.45) is 0. The molecule has 4 nitrogen and oxygen atoms in total. The minimum atomic E-state index is -3.61. The number of nitrogens with one attached hydrogen (secondary N) is 1. The Bertz CT molecular complexity index is 763. The van der Waals surface area contributed by atoms with Gasteiger partial charge in [-0.2, -0.15) is 8.42 Å². The number of anilines is 2. The molecule has 104 valence electrons. The predicted octanol–water partition coefficient (Wildman–Crippen LogP) is 3.67. The van der Waals surface area contributed by atoms with Crippen LogP contribution in [-0.2, 0) is 16.8 Å². The first-order valence-electron chi connectivity index (χ1n) is 5.81. The van der Waals surface area contributed by atoms with Crippen molar-refractivity contribution in [3.63, 3.8) is 0 Å². The van der Waals surface area contributed by atoms with Gasteiger partial charge in [-0.05, 0) is 17.7 Å². The van der Waals surface area contributed by atoms with Gasteiger partial charge in [0.2, 0.25) is 0 Å². The van der Waals surface area contributed by atoms with E-state index in [-0.39, 0.29) is 6.54 Å². The molecule has 0 saturated carbocycles. The molecule has 0 amide bonds. The summed E-state index contributed by atoms with van der Waals surface area (Å²) < 4.78 is 28.1. The maximum absolute atomic E-state index is 12.2. The van der Waals surface area contributed by atoms with Crippen LogP contribution >= 0.6 is 23.2 Å². The third-order valence-corrected chi connectivity index (χ3v) is 5.11. The lowest BCUT2D eigenvalue weighted by Gasteiger charge is -2.17. The van der Waals surface area contributed by atoms with Crippen molar-refractivity contribution in [2.45, 2.75) is 6.54 Å². The van der Waals surface area contributed by atoms with E-state index in [1.807, 2.05) is 30.3 Å². The Morgan fingerprint density at radius 1 is 1.05 bits per heavy atom. The summed E-state index contributed by atoms with van der Waals surface area (Å²) in [6, 6.07) is 12.4. The van der Waals surface area contributed by atoms with Gasteiger partial charge in [0.25, 0.3) is 0 Å². The molecule has 7 heteroatoms. The van der Waals surface area contributed by atoms with E-state index in [0.717, 1.165) is 5.56 Å². The van der Waals surface area contributed by atoms with Crippen molar-refractivity contribution in [3.05, 3.63) is 58.1 Å². The van der Waals surface area contributed by atoms with E-state index in [1.54, 1.807) is 6.07 Å². The molecule has 2 aromatic rings. The molecule has 20 heavy (non-hydrogen) atoms. The number of benzene rings is 2. The van der Waals surface area contributed by atoms with Crippen LogP contribution < -0.4 is 9.03 Å². The van der Waals surface area contributed by atoms with Crippen LogP contribution in [0, 0.1) is 0 Å². The fraction of sp³-hybridized carbons (Fsp3) is 0.0769. The minimum Gasteiger partial charge on any atom is -0.264 e. The zero-order valence-electron chi connectivity index (χ0n) is 10.2. The Morgan fingerprint density at radius 3 is 2.40 bits per heavy atom. The molecule has 0 saturated heterocycles. The second-order valence-corrected chi connectivity index (χ2v) is 6.79. The smallest absolute Gasteiger partial charge is 0.264 e. The number of hydrogen-bond donors (Lipinski definition) is 1. The molecule has 3 rings (SSSR count). The van der Waals surface area contributed by atoms with Crippen LogP contribution in [0.3, 0.4) is 0 Å². The summed E-state index contributed by atoms with van der Waals surface area (Å²) in [4.78, 5) is 0. The highest BCUT2D eigenvalue weighted by molar-refractivity contribution is 7.94. The van der Waals surface area contributed by atoms with Gasteiger partial charge < -0.3 is 0 Å². The molecule has 2 aromatic carbocycles. The molecule has 0 atom stereocenters. The van der Waals surface area contributed by atoms with Crippen molar-refractivity contribution in [2.24, 2.45) is 0 Å². The van der Waals surface area contributed by atoms with Gasteiger partial charge in [-0.15, -0.1) is 0 Å². The Labute approximate surface area is 127 Å². The van der Waals surface area contributed by atoms with Gasteiger partial charge in [-0.3, -0.25) is 4.72 Å². The largest absolute Gasteiger partial charge is 0.324 e. The lowest BCUT2D eigenvalue weighted by molar-refractivity contribution is 0.598. The fourth-order valence-electron chi connectivity index (χ4n) is 2.07. The van der Waals surface area contributed by atoms with E-state index in [4.69, 9.17) is 23.2 Å². The molecule has 0 spiro atoms. The number of rotatable bonds is 2. The second kappa shape index (κ2) is 4.84. The molecule has 1 aliphatic heterocycles. The summed E-state index contributed by atoms with van der Waals surface area (Å²) in [5, 5.41) is 0.636. The lowest BCUT2D eigenvalue weighted by Crippen LogP contribution is -2.29. The monoisotopic (exact) mass is 328 g/mol. The first-order chi connectivity index (χ1) is 9.47. The third kappa shape index (κ3) is 2.32. The third-order valence-electron chi connectivity index (χ3n) is 3.01. The van der Waals surface area contributed by atoms with Crippen molar-refractivity contribution >= 4 is 44.8 Å². The van der Waals surface area contributed by atoms with Gasteiger partial charge in [-0.25, -0.2) is 4.31 Å². The standard InChI is InChI=1S/C13H10Cl2N2O2S/c14-10-6-12-13(7-11(10)15)17(20(18,19)16-12)8-9-4-2-1-3-5-9/h1-7,16H,8H2. The molecular formula is C13H10Cl2N2O2S. The van der Waals surface area contributed by atoms with Crippen molar-refractivity contribution in [3.8, 4) is 0 Å². The predicted molar refractivity (Wildman–Crippen MR) is 81.6 cm³/mol. The second-order valence-electron chi connectivity index (χ2n) is 4.38. The number of hydrogen-bond acceptors (Lipinski definition) is 2. The normalized spacial score (nSPS) is 15.8. The zero-order chi connectivity index (χ0) is 14.3. The Hall–Kier alpha value is -1.43. The van der Waals surface area contributed by atoms with Crippen molar-refractivity contribution < 1.29 is 8.42 Å². The molecule has 0 aliphatic carbocycles. The SMILES string of the molecule is O=S1(=O)Nc2cc(Cl)c(Cl)cc2N1Cc1ccccc1. The van der Waals surface area contributed by atoms with Crippen LogP contribution in [0.5, 0.6) is 0 Å². The number of fused-ring (bicyclic) bond motifs is 1. The van der Waals surface area contributed by atoms with E-state index < -0.39 is 10.2 Å². The van der Waals surface area contributed by atoms with Gasteiger partial charge in [0.1, 0.15) is 0 Å². The summed E-state index contributed by atoms with van der Waals surface area (Å²) in [5.74, 6) is 0. The molecule has 1 N–H and O–H groups in total. The van der Waals surface area contributed by atoms with E-state index in [2.05, 4.69) is 4.72 Å². The van der Waals surface area contributed by atoms with Crippen LogP contribution in [0.2, 0.25) is 10.0 Å². The molecule has 0 unspecified atom stereocenters. The van der Waals surface area contributed by atoms with Gasteiger partial charge in [0.15, 0.2) is 0 Å². The zero-order valence-corrected chi connectivity index (χ0v) is 12.5. The van der Waals surface area contributed by atoms with Gasteiger partial charge >= 0.3 is 10.2 Å². The van der Waals surface area contributed by atoms with E-state index in [0.29, 0.717) is 21.4 Å². The lowest BCUT2D eigenvalue weighted by atomic mass is 10.2. The van der Waals surface area contributed by atoms with Crippen molar-refractivity contribution in [2.75, 3.05) is 9.03 Å². The summed E-state index contributed by atoms with van der Waals surface area (Å²) >= 11 is 11.9. The minimum absolute atomic E-state index is 0.237. The van der Waals surface area contributed by atoms with Crippen molar-refractivity contribution in [1.82, 2.24) is 0 Å². The highest BCUT2D eigenvalue weighted by atomic mass is 35.5. The summed E-state index contributed by atoms with van der Waals surface area (Å²) in [7, 11) is -3.61. The molecule has 0 fully saturated rings. The summed E-state index contributed by atoms with van der Waals surface area (Å²) in [6.45, 7) is 0.237. The van der Waals surface area contributed by atoms with E-state index in [9.17, 15) is 8.42 Å². The first-order valence-corrected chi connectivity index (χ1v) is 8.00. The van der Waals surface area contributed by atoms with E-state index in [1.165, 1.54) is 10.4 Å². The van der Waals surface area contributed by atoms with Crippen LogP contribution in [0.15, 0.2) is 42.5 Å². The van der Waals surface area contributed by atoms with Crippen molar-refractivity contribution in [1.29, 1.82) is 0 Å². The molecule has 0 radical (unpaired) electrons. The van der Waals surface area contributed by atoms with E-state index >= 15 is 0 Å². The maximum Gasteiger partial charge on any atom is 0.324 e. The topological polar surface area (TPSA) is 49.4 Å². The quantitative estimate of drug-likeness (QED) is 0.914. The fourth-order valence-corrected chi connectivity index (χ4v) is 3.67. The van der Waals surface area contributed by atoms with Crippen LogP contribution in [0.4, 0.5) is 11.4 Å². The van der Waals surface area contributed by atoms with Gasteiger partial charge in [0.05, 0.1) is 28.0 Å². The Balaban J connectivity index is 2.05. The molecular weight excluding hydrogens is 319 g/mol. The highest BCUT2D eigenvalue weighted by Crippen LogP contribution is 2.41. The highest BCUT2D eigenvalue weighted by Gasteiger charge is 2.33. The van der Waals surface area contributed by atoms with Crippen LogP contribution in [0.25, 0.3) is 0 Å². The average molecular weight is 329 g/mol. The summed E-state index contributed by atoms with van der Waals surface area (Å²) in [5.41, 5.74) is 1.83. The van der Waals surface area contributed by atoms with Gasteiger partial charge in [-0.1, -0.05) is 53.5 Å². The number of halogens is 2. The average Bonchev–Trinajstić information content (AvgIpc) is 2.63. The molecule has 1 aliphatic rings. The molecule has 0 bridgehead atoms. The molecule has 0 aromatic heterocycles. The Morgan fingerprint density at radius 2 is 1.70 bits per heavy atom.